The van der Waals surface area contributed by atoms with Gasteiger partial charge in [-0.05, 0) is 26.5 Å². The lowest BCUT2D eigenvalue weighted by Crippen LogP contribution is -2.18. The van der Waals surface area contributed by atoms with E-state index >= 15 is 0 Å². The fourth-order valence-electron chi connectivity index (χ4n) is 1.82. The van der Waals surface area contributed by atoms with Crippen molar-refractivity contribution in [2.24, 2.45) is 0 Å². The van der Waals surface area contributed by atoms with Crippen molar-refractivity contribution < 1.29 is 14.3 Å². The van der Waals surface area contributed by atoms with Gasteiger partial charge in [0.05, 0.1) is 13.7 Å². The van der Waals surface area contributed by atoms with Gasteiger partial charge >= 0.3 is 0 Å². The van der Waals surface area contributed by atoms with Crippen LogP contribution in [0.15, 0.2) is 18.2 Å². The van der Waals surface area contributed by atoms with Crippen LogP contribution in [-0.2, 0) is 4.79 Å². The molecule has 0 fully saturated rings. The summed E-state index contributed by atoms with van der Waals surface area (Å²) in [5, 5.41) is 5.79. The maximum atomic E-state index is 11.1. The molecule has 1 unspecified atom stereocenters. The van der Waals surface area contributed by atoms with Crippen molar-refractivity contribution in [3.05, 3.63) is 23.8 Å². The Morgan fingerprint density at radius 3 is 2.70 bits per heavy atom. The molecule has 0 aliphatic heterocycles. The Labute approximate surface area is 120 Å². The summed E-state index contributed by atoms with van der Waals surface area (Å²) < 4.78 is 11.0. The third-order valence-electron chi connectivity index (χ3n) is 3.20. The number of rotatable bonds is 8. The Hall–Kier alpha value is -1.75. The number of carbonyl (C=O) groups excluding carboxylic acids is 1. The normalized spacial score (nSPS) is 11.8. The molecule has 1 aromatic carbocycles. The molecule has 5 nitrogen and oxygen atoms in total. The fourth-order valence-corrected chi connectivity index (χ4v) is 1.82. The van der Waals surface area contributed by atoms with E-state index in [1.807, 2.05) is 25.2 Å². The molecule has 112 valence electrons. The molecule has 1 atom stereocenters. The van der Waals surface area contributed by atoms with Gasteiger partial charge in [0.25, 0.3) is 0 Å². The van der Waals surface area contributed by atoms with Gasteiger partial charge in [-0.2, -0.15) is 0 Å². The Morgan fingerprint density at radius 2 is 2.10 bits per heavy atom. The molecule has 5 heteroatoms. The van der Waals surface area contributed by atoms with Gasteiger partial charge < -0.3 is 20.1 Å². The minimum absolute atomic E-state index is 0.0306. The van der Waals surface area contributed by atoms with Crippen LogP contribution in [0, 0.1) is 0 Å². The third kappa shape index (κ3) is 4.74. The standard InChI is InChI=1S/C15H24N2O3/c1-11(16-2)13-8-7-12(19-4)10-14(13)20-9-5-6-15(18)17-3/h7-8,10-11,16H,5-6,9H2,1-4H3,(H,17,18). The SMILES string of the molecule is CNC(=O)CCCOc1cc(OC)ccc1C(C)NC. The van der Waals surface area contributed by atoms with Crippen molar-refractivity contribution in [2.45, 2.75) is 25.8 Å². The second-order valence-corrected chi connectivity index (χ2v) is 4.54. The highest BCUT2D eigenvalue weighted by Gasteiger charge is 2.11. The second-order valence-electron chi connectivity index (χ2n) is 4.54. The Balaban J connectivity index is 2.67. The van der Waals surface area contributed by atoms with E-state index in [1.165, 1.54) is 0 Å². The molecule has 20 heavy (non-hydrogen) atoms. The van der Waals surface area contributed by atoms with Crippen LogP contribution < -0.4 is 20.1 Å². The van der Waals surface area contributed by atoms with Crippen molar-refractivity contribution in [1.82, 2.24) is 10.6 Å². The van der Waals surface area contributed by atoms with Gasteiger partial charge in [0, 0.05) is 31.1 Å². The molecule has 1 aromatic rings. The lowest BCUT2D eigenvalue weighted by molar-refractivity contribution is -0.120. The molecule has 1 amide bonds. The summed E-state index contributed by atoms with van der Waals surface area (Å²) in [5.74, 6) is 1.59. The zero-order chi connectivity index (χ0) is 15.0. The number of hydrogen-bond acceptors (Lipinski definition) is 4. The molecule has 0 aromatic heterocycles. The molecule has 0 radical (unpaired) electrons. The van der Waals surface area contributed by atoms with Gasteiger partial charge in [-0.3, -0.25) is 4.79 Å². The first-order chi connectivity index (χ1) is 9.62. The summed E-state index contributed by atoms with van der Waals surface area (Å²) in [5.41, 5.74) is 1.08. The number of benzene rings is 1. The van der Waals surface area contributed by atoms with Crippen LogP contribution in [0.25, 0.3) is 0 Å². The van der Waals surface area contributed by atoms with Crippen LogP contribution in [0.2, 0.25) is 0 Å². The number of hydrogen-bond donors (Lipinski definition) is 2. The van der Waals surface area contributed by atoms with Gasteiger partial charge in [0.1, 0.15) is 11.5 Å². The van der Waals surface area contributed by atoms with Crippen LogP contribution >= 0.6 is 0 Å². The maximum absolute atomic E-state index is 11.1. The number of methoxy groups -OCH3 is 1. The summed E-state index contributed by atoms with van der Waals surface area (Å²) in [6, 6.07) is 5.98. The Kier molecular flexibility index (Phi) is 6.87. The summed E-state index contributed by atoms with van der Waals surface area (Å²) in [6.45, 7) is 2.57. The zero-order valence-electron chi connectivity index (χ0n) is 12.7. The molecule has 0 spiro atoms. The smallest absolute Gasteiger partial charge is 0.219 e. The quantitative estimate of drug-likeness (QED) is 0.714. The largest absolute Gasteiger partial charge is 0.497 e. The number of carbonyl (C=O) groups is 1. The average molecular weight is 280 g/mol. The molecule has 0 bridgehead atoms. The van der Waals surface area contributed by atoms with Crippen molar-refractivity contribution >= 4 is 5.91 Å². The summed E-state index contributed by atoms with van der Waals surface area (Å²) in [4.78, 5) is 11.1. The van der Waals surface area contributed by atoms with E-state index in [0.717, 1.165) is 17.1 Å². The number of ether oxygens (including phenoxy) is 2. The third-order valence-corrected chi connectivity index (χ3v) is 3.20. The van der Waals surface area contributed by atoms with Crippen LogP contribution in [0.5, 0.6) is 11.5 Å². The highest BCUT2D eigenvalue weighted by Crippen LogP contribution is 2.29. The molecule has 0 saturated carbocycles. The lowest BCUT2D eigenvalue weighted by atomic mass is 10.1. The molecule has 1 rings (SSSR count). The van der Waals surface area contributed by atoms with E-state index in [0.29, 0.717) is 19.4 Å². The van der Waals surface area contributed by atoms with Crippen LogP contribution in [-0.4, -0.2) is 33.7 Å². The highest BCUT2D eigenvalue weighted by molar-refractivity contribution is 5.75. The second kappa shape index (κ2) is 8.43. The molecular weight excluding hydrogens is 256 g/mol. The van der Waals surface area contributed by atoms with E-state index in [1.54, 1.807) is 14.2 Å². The zero-order valence-corrected chi connectivity index (χ0v) is 12.7. The first-order valence-corrected chi connectivity index (χ1v) is 6.81. The minimum atomic E-state index is 0.0306. The van der Waals surface area contributed by atoms with E-state index < -0.39 is 0 Å². The van der Waals surface area contributed by atoms with Crippen LogP contribution in [0.3, 0.4) is 0 Å². The monoisotopic (exact) mass is 280 g/mol. The topological polar surface area (TPSA) is 59.6 Å². The van der Waals surface area contributed by atoms with Crippen LogP contribution in [0.4, 0.5) is 0 Å². The van der Waals surface area contributed by atoms with Crippen molar-refractivity contribution in [3.63, 3.8) is 0 Å². The minimum Gasteiger partial charge on any atom is -0.497 e. The van der Waals surface area contributed by atoms with Gasteiger partial charge in [0.15, 0.2) is 0 Å². The van der Waals surface area contributed by atoms with E-state index in [9.17, 15) is 4.79 Å². The fraction of sp³-hybridized carbons (Fsp3) is 0.533. The van der Waals surface area contributed by atoms with Crippen molar-refractivity contribution in [1.29, 1.82) is 0 Å². The molecule has 0 aliphatic rings. The molecular formula is C15H24N2O3. The van der Waals surface area contributed by atoms with Gasteiger partial charge in [-0.1, -0.05) is 6.07 Å². The van der Waals surface area contributed by atoms with E-state index in [4.69, 9.17) is 9.47 Å². The highest BCUT2D eigenvalue weighted by atomic mass is 16.5. The van der Waals surface area contributed by atoms with Crippen molar-refractivity contribution in [3.8, 4) is 11.5 Å². The van der Waals surface area contributed by atoms with Crippen LogP contribution in [0.1, 0.15) is 31.4 Å². The van der Waals surface area contributed by atoms with E-state index in [2.05, 4.69) is 17.6 Å². The van der Waals surface area contributed by atoms with Gasteiger partial charge in [-0.15, -0.1) is 0 Å². The molecule has 0 saturated heterocycles. The molecule has 0 heterocycles. The average Bonchev–Trinajstić information content (AvgIpc) is 2.50. The van der Waals surface area contributed by atoms with Gasteiger partial charge in [-0.25, -0.2) is 0 Å². The number of nitrogens with one attached hydrogen (secondary N) is 2. The van der Waals surface area contributed by atoms with Crippen molar-refractivity contribution in [2.75, 3.05) is 27.8 Å². The number of amides is 1. The Bertz CT molecular complexity index is 435. The predicted molar refractivity (Wildman–Crippen MR) is 79.3 cm³/mol. The van der Waals surface area contributed by atoms with Gasteiger partial charge in [0.2, 0.25) is 5.91 Å². The van der Waals surface area contributed by atoms with E-state index in [-0.39, 0.29) is 11.9 Å². The first kappa shape index (κ1) is 16.3. The molecule has 0 aliphatic carbocycles. The predicted octanol–water partition coefficient (Wildman–Crippen LogP) is 1.88. The summed E-state index contributed by atoms with van der Waals surface area (Å²) in [7, 11) is 5.17. The summed E-state index contributed by atoms with van der Waals surface area (Å²) >= 11 is 0. The summed E-state index contributed by atoms with van der Waals surface area (Å²) in [6.07, 6.45) is 1.15. The Morgan fingerprint density at radius 1 is 1.35 bits per heavy atom. The first-order valence-electron chi connectivity index (χ1n) is 6.81. The lowest BCUT2D eigenvalue weighted by Gasteiger charge is -2.17. The maximum Gasteiger partial charge on any atom is 0.219 e. The molecule has 2 N–H and O–H groups in total.